The SMILES string of the molecule is C#Cc1ccccc1OCC(O)CNC(C)(C)COc1ccc(NN)nn1.Cl. The number of rotatable bonds is 10. The van der Waals surface area contributed by atoms with Crippen molar-refractivity contribution in [1.82, 2.24) is 15.5 Å². The number of benzene rings is 1. The number of halogens is 1. The Balaban J connectivity index is 0.00000392. The van der Waals surface area contributed by atoms with Gasteiger partial charge in [0.05, 0.1) is 5.56 Å². The summed E-state index contributed by atoms with van der Waals surface area (Å²) in [5, 5.41) is 21.1. The van der Waals surface area contributed by atoms with Gasteiger partial charge in [-0.15, -0.1) is 29.0 Å². The van der Waals surface area contributed by atoms with Gasteiger partial charge in [0.2, 0.25) is 5.88 Å². The Kier molecular flexibility index (Phi) is 9.48. The lowest BCUT2D eigenvalue weighted by Crippen LogP contribution is -2.48. The molecule has 152 valence electrons. The first kappa shape index (κ1) is 23.5. The van der Waals surface area contributed by atoms with E-state index in [1.165, 1.54) is 0 Å². The number of aliphatic hydroxyl groups excluding tert-OH is 1. The summed E-state index contributed by atoms with van der Waals surface area (Å²) < 4.78 is 11.2. The van der Waals surface area contributed by atoms with Crippen LogP contribution in [0.25, 0.3) is 0 Å². The van der Waals surface area contributed by atoms with Gasteiger partial charge in [-0.3, -0.25) is 0 Å². The second kappa shape index (κ2) is 11.3. The van der Waals surface area contributed by atoms with Crippen LogP contribution in [0, 0.1) is 12.3 Å². The van der Waals surface area contributed by atoms with Gasteiger partial charge in [0, 0.05) is 18.2 Å². The first-order chi connectivity index (χ1) is 12.9. The number of nitrogens with one attached hydrogen (secondary N) is 2. The number of para-hydroxylation sites is 1. The van der Waals surface area contributed by atoms with Crippen LogP contribution in [-0.4, -0.2) is 46.7 Å². The molecule has 8 nitrogen and oxygen atoms in total. The molecule has 9 heteroatoms. The predicted octanol–water partition coefficient (Wildman–Crippen LogP) is 1.35. The van der Waals surface area contributed by atoms with Crippen LogP contribution in [0.3, 0.4) is 0 Å². The van der Waals surface area contributed by atoms with Gasteiger partial charge in [0.1, 0.15) is 25.1 Å². The van der Waals surface area contributed by atoms with Crippen molar-refractivity contribution in [3.8, 4) is 24.0 Å². The molecule has 0 aliphatic carbocycles. The lowest BCUT2D eigenvalue weighted by molar-refractivity contribution is 0.0922. The minimum Gasteiger partial charge on any atom is -0.490 e. The fraction of sp³-hybridized carbons (Fsp3) is 0.368. The van der Waals surface area contributed by atoms with Crippen molar-refractivity contribution in [3.63, 3.8) is 0 Å². The Morgan fingerprint density at radius 2 is 1.96 bits per heavy atom. The Morgan fingerprint density at radius 1 is 1.21 bits per heavy atom. The highest BCUT2D eigenvalue weighted by Crippen LogP contribution is 2.16. The standard InChI is InChI=1S/C19H25N5O3.ClH/c1-4-14-7-5-6-8-16(14)26-12-15(25)11-21-19(2,3)13-27-18-10-9-17(22-20)23-24-18;/h1,5-10,15,21,25H,11-13,20H2,2-3H3,(H,22,23);1H. The van der Waals surface area contributed by atoms with Crippen molar-refractivity contribution in [1.29, 1.82) is 0 Å². The van der Waals surface area contributed by atoms with E-state index in [9.17, 15) is 5.11 Å². The van der Waals surface area contributed by atoms with E-state index in [1.807, 2.05) is 26.0 Å². The molecule has 0 saturated carbocycles. The molecule has 0 aliphatic heterocycles. The molecule has 5 N–H and O–H groups in total. The number of ether oxygens (including phenoxy) is 2. The summed E-state index contributed by atoms with van der Waals surface area (Å²) in [4.78, 5) is 0. The Morgan fingerprint density at radius 3 is 2.61 bits per heavy atom. The molecule has 0 spiro atoms. The fourth-order valence-electron chi connectivity index (χ4n) is 2.13. The second-order valence-corrected chi connectivity index (χ2v) is 6.56. The molecule has 1 unspecified atom stereocenters. The first-order valence-electron chi connectivity index (χ1n) is 8.48. The molecule has 1 heterocycles. The van der Waals surface area contributed by atoms with Crippen LogP contribution in [-0.2, 0) is 0 Å². The van der Waals surface area contributed by atoms with Crippen LogP contribution in [0.2, 0.25) is 0 Å². The minimum atomic E-state index is -0.704. The second-order valence-electron chi connectivity index (χ2n) is 6.56. The molecule has 1 aromatic carbocycles. The highest BCUT2D eigenvalue weighted by Gasteiger charge is 2.20. The van der Waals surface area contributed by atoms with Crippen molar-refractivity contribution in [2.75, 3.05) is 25.2 Å². The summed E-state index contributed by atoms with van der Waals surface area (Å²) >= 11 is 0. The van der Waals surface area contributed by atoms with Crippen LogP contribution in [0.5, 0.6) is 11.6 Å². The molecule has 1 aromatic heterocycles. The molecule has 0 amide bonds. The smallest absolute Gasteiger partial charge is 0.233 e. The summed E-state index contributed by atoms with van der Waals surface area (Å²) in [6.45, 7) is 4.71. The third kappa shape index (κ3) is 7.58. The number of anilines is 1. The van der Waals surface area contributed by atoms with E-state index in [0.29, 0.717) is 36.2 Å². The van der Waals surface area contributed by atoms with Crippen molar-refractivity contribution < 1.29 is 14.6 Å². The third-order valence-corrected chi connectivity index (χ3v) is 3.66. The molecule has 2 aromatic rings. The molecule has 0 aliphatic rings. The zero-order chi connectivity index (χ0) is 19.7. The molecular formula is C19H26ClN5O3. The van der Waals surface area contributed by atoms with Crippen LogP contribution in [0.1, 0.15) is 19.4 Å². The van der Waals surface area contributed by atoms with Gasteiger partial charge < -0.3 is 25.3 Å². The number of terminal acetylenes is 1. The normalized spacial score (nSPS) is 11.7. The highest BCUT2D eigenvalue weighted by atomic mass is 35.5. The summed E-state index contributed by atoms with van der Waals surface area (Å²) in [7, 11) is 0. The molecule has 0 radical (unpaired) electrons. The first-order valence-corrected chi connectivity index (χ1v) is 8.48. The van der Waals surface area contributed by atoms with Crippen LogP contribution >= 0.6 is 12.4 Å². The largest absolute Gasteiger partial charge is 0.490 e. The number of hydrogen-bond donors (Lipinski definition) is 4. The molecule has 0 saturated heterocycles. The van der Waals surface area contributed by atoms with Crippen LogP contribution < -0.4 is 26.1 Å². The predicted molar refractivity (Wildman–Crippen MR) is 111 cm³/mol. The molecule has 0 bridgehead atoms. The van der Waals surface area contributed by atoms with E-state index in [4.69, 9.17) is 21.7 Å². The third-order valence-electron chi connectivity index (χ3n) is 3.66. The van der Waals surface area contributed by atoms with Gasteiger partial charge >= 0.3 is 0 Å². The van der Waals surface area contributed by atoms with E-state index < -0.39 is 11.6 Å². The Hall–Kier alpha value is -2.57. The maximum absolute atomic E-state index is 10.2. The number of nitrogen functional groups attached to an aromatic ring is 1. The summed E-state index contributed by atoms with van der Waals surface area (Å²) in [6, 6.07) is 10.6. The minimum absolute atomic E-state index is 0. The van der Waals surface area contributed by atoms with Crippen molar-refractivity contribution in [2.45, 2.75) is 25.5 Å². The van der Waals surface area contributed by atoms with Gasteiger partial charge in [-0.2, -0.15) is 0 Å². The van der Waals surface area contributed by atoms with Gasteiger partial charge in [0.15, 0.2) is 5.82 Å². The van der Waals surface area contributed by atoms with Crippen molar-refractivity contribution in [2.24, 2.45) is 5.84 Å². The molecule has 2 rings (SSSR count). The number of hydrazine groups is 1. The van der Waals surface area contributed by atoms with Gasteiger partial charge in [0.25, 0.3) is 0 Å². The number of aromatic nitrogens is 2. The molecule has 28 heavy (non-hydrogen) atoms. The van der Waals surface area contributed by atoms with Crippen molar-refractivity contribution in [3.05, 3.63) is 42.0 Å². The van der Waals surface area contributed by atoms with Gasteiger partial charge in [-0.1, -0.05) is 18.1 Å². The molecule has 1 atom stereocenters. The number of β-amino-alcohol motifs (C(OH)–C–C–N with tert-alkyl or cyclic N) is 1. The highest BCUT2D eigenvalue weighted by molar-refractivity contribution is 5.85. The van der Waals surface area contributed by atoms with E-state index >= 15 is 0 Å². The van der Waals surface area contributed by atoms with Gasteiger partial charge in [-0.25, -0.2) is 5.84 Å². The quantitative estimate of drug-likeness (QED) is 0.265. The fourth-order valence-corrected chi connectivity index (χ4v) is 2.13. The lowest BCUT2D eigenvalue weighted by atomic mass is 10.1. The molecule has 0 fully saturated rings. The van der Waals surface area contributed by atoms with Crippen LogP contribution in [0.15, 0.2) is 36.4 Å². The summed E-state index contributed by atoms with van der Waals surface area (Å²) in [6.07, 6.45) is 4.73. The number of aliphatic hydroxyl groups is 1. The average molecular weight is 408 g/mol. The topological polar surface area (TPSA) is 115 Å². The van der Waals surface area contributed by atoms with Crippen LogP contribution in [0.4, 0.5) is 5.82 Å². The number of nitrogens with zero attached hydrogens (tertiary/aromatic N) is 2. The Labute approximate surface area is 171 Å². The number of nitrogens with two attached hydrogens (primary N) is 1. The lowest BCUT2D eigenvalue weighted by Gasteiger charge is -2.27. The summed E-state index contributed by atoms with van der Waals surface area (Å²) in [5.74, 6) is 9.22. The van der Waals surface area contributed by atoms with E-state index in [-0.39, 0.29) is 19.0 Å². The molecular weight excluding hydrogens is 382 g/mol. The van der Waals surface area contributed by atoms with E-state index in [1.54, 1.807) is 24.3 Å². The average Bonchev–Trinajstić information content (AvgIpc) is 2.70. The zero-order valence-corrected chi connectivity index (χ0v) is 16.7. The van der Waals surface area contributed by atoms with E-state index in [2.05, 4.69) is 26.9 Å². The van der Waals surface area contributed by atoms with E-state index in [0.717, 1.165) is 0 Å². The van der Waals surface area contributed by atoms with Gasteiger partial charge in [-0.05, 0) is 32.0 Å². The maximum Gasteiger partial charge on any atom is 0.233 e. The number of hydrogen-bond acceptors (Lipinski definition) is 8. The zero-order valence-electron chi connectivity index (χ0n) is 15.9. The van der Waals surface area contributed by atoms with Crippen molar-refractivity contribution >= 4 is 18.2 Å². The monoisotopic (exact) mass is 407 g/mol. The Bertz CT molecular complexity index is 765. The maximum atomic E-state index is 10.2. The summed E-state index contributed by atoms with van der Waals surface area (Å²) in [5.41, 5.74) is 2.66.